The van der Waals surface area contributed by atoms with Crippen molar-refractivity contribution in [2.45, 2.75) is 0 Å². The van der Waals surface area contributed by atoms with E-state index in [2.05, 4.69) is 31.1 Å². The molecule has 9 heteroatoms. The summed E-state index contributed by atoms with van der Waals surface area (Å²) in [5, 5.41) is 25.5. The monoisotopic (exact) mass is 331 g/mol. The molecule has 0 aromatic carbocycles. The van der Waals surface area contributed by atoms with Gasteiger partial charge in [-0.3, -0.25) is 4.79 Å². The maximum absolute atomic E-state index is 12.5. The van der Waals surface area contributed by atoms with Crippen molar-refractivity contribution in [2.24, 2.45) is 0 Å². The van der Waals surface area contributed by atoms with Gasteiger partial charge >= 0.3 is 0 Å². The van der Waals surface area contributed by atoms with E-state index in [-0.39, 0.29) is 19.1 Å². The molecule has 2 heterocycles. The van der Waals surface area contributed by atoms with E-state index in [4.69, 9.17) is 5.11 Å². The highest BCUT2D eigenvalue weighted by Gasteiger charge is 2.14. The van der Waals surface area contributed by atoms with Gasteiger partial charge in [-0.05, 0) is 24.3 Å². The fraction of sp³-hybridized carbons (Fsp3) is 0.333. The van der Waals surface area contributed by atoms with Gasteiger partial charge < -0.3 is 26.0 Å². The molecular weight excluding hydrogens is 310 g/mol. The van der Waals surface area contributed by atoms with Crippen LogP contribution in [0.4, 0.5) is 23.3 Å². The van der Waals surface area contributed by atoms with E-state index in [1.807, 2.05) is 19.0 Å². The Morgan fingerprint density at radius 1 is 1.17 bits per heavy atom. The topological polar surface area (TPSA) is 115 Å². The Morgan fingerprint density at radius 2 is 1.92 bits per heavy atom. The summed E-state index contributed by atoms with van der Waals surface area (Å²) in [6, 6.07) is 6.78. The van der Waals surface area contributed by atoms with E-state index in [1.165, 1.54) is 0 Å². The van der Waals surface area contributed by atoms with Crippen LogP contribution in [0, 0.1) is 0 Å². The summed E-state index contributed by atoms with van der Waals surface area (Å²) in [6.07, 6.45) is 0. The number of aromatic nitrogens is 3. The van der Waals surface area contributed by atoms with Crippen LogP contribution in [0.15, 0.2) is 24.3 Å². The average molecular weight is 331 g/mol. The Balaban J connectivity index is 2.18. The summed E-state index contributed by atoms with van der Waals surface area (Å²) >= 11 is 0. The fourth-order valence-corrected chi connectivity index (χ4v) is 1.90. The van der Waals surface area contributed by atoms with Gasteiger partial charge in [0.25, 0.3) is 5.91 Å². The van der Waals surface area contributed by atoms with Crippen molar-refractivity contribution in [2.75, 3.05) is 55.1 Å². The summed E-state index contributed by atoms with van der Waals surface area (Å²) in [4.78, 5) is 18.6. The normalized spacial score (nSPS) is 10.2. The standard InChI is InChI=1S/C15H21N7O2/c1-16-11-5-4-10(14(18-11)17-8-9-23)15(24)19-12-6-7-13(21-20-12)22(2)3/h4-7,23H,8-9H2,1-3H3,(H2,16,17,18)(H,19,20,24). The summed E-state index contributed by atoms with van der Waals surface area (Å²) in [7, 11) is 5.45. The lowest BCUT2D eigenvalue weighted by atomic mass is 10.2. The van der Waals surface area contributed by atoms with Gasteiger partial charge in [-0.15, -0.1) is 10.2 Å². The third kappa shape index (κ3) is 4.29. The first-order valence-corrected chi connectivity index (χ1v) is 7.41. The van der Waals surface area contributed by atoms with E-state index in [0.717, 1.165) is 0 Å². The van der Waals surface area contributed by atoms with Gasteiger partial charge in [-0.2, -0.15) is 0 Å². The summed E-state index contributed by atoms with van der Waals surface area (Å²) in [6.45, 7) is 0.224. The average Bonchev–Trinajstić information content (AvgIpc) is 2.60. The van der Waals surface area contributed by atoms with Crippen LogP contribution in [0.1, 0.15) is 10.4 Å². The molecule has 2 aromatic rings. The Hall–Kier alpha value is -2.94. The van der Waals surface area contributed by atoms with Gasteiger partial charge in [0, 0.05) is 27.7 Å². The molecule has 0 saturated heterocycles. The van der Waals surface area contributed by atoms with Gasteiger partial charge in [-0.1, -0.05) is 0 Å². The lowest BCUT2D eigenvalue weighted by molar-refractivity contribution is 0.102. The number of nitrogens with one attached hydrogen (secondary N) is 3. The van der Waals surface area contributed by atoms with E-state index < -0.39 is 0 Å². The van der Waals surface area contributed by atoms with Crippen molar-refractivity contribution in [1.29, 1.82) is 0 Å². The minimum atomic E-state index is -0.363. The Labute approximate surface area is 140 Å². The van der Waals surface area contributed by atoms with Crippen LogP contribution < -0.4 is 20.9 Å². The van der Waals surface area contributed by atoms with Gasteiger partial charge in [0.15, 0.2) is 11.6 Å². The maximum Gasteiger partial charge on any atom is 0.260 e. The smallest absolute Gasteiger partial charge is 0.260 e. The molecule has 128 valence electrons. The molecule has 2 aromatic heterocycles. The third-order valence-electron chi connectivity index (χ3n) is 3.15. The number of pyridine rings is 1. The van der Waals surface area contributed by atoms with Gasteiger partial charge in [0.05, 0.1) is 12.2 Å². The fourth-order valence-electron chi connectivity index (χ4n) is 1.90. The molecule has 24 heavy (non-hydrogen) atoms. The molecule has 0 aliphatic carbocycles. The first-order valence-electron chi connectivity index (χ1n) is 7.41. The minimum absolute atomic E-state index is 0.0655. The highest BCUT2D eigenvalue weighted by atomic mass is 16.3. The molecular formula is C15H21N7O2. The second-order valence-electron chi connectivity index (χ2n) is 5.12. The van der Waals surface area contributed by atoms with Crippen molar-refractivity contribution >= 4 is 29.2 Å². The number of carbonyl (C=O) groups excluding carboxylic acids is 1. The van der Waals surface area contributed by atoms with E-state index in [1.54, 1.807) is 31.3 Å². The second-order valence-corrected chi connectivity index (χ2v) is 5.12. The molecule has 0 fully saturated rings. The van der Waals surface area contributed by atoms with Crippen LogP contribution in [0.2, 0.25) is 0 Å². The number of aliphatic hydroxyl groups is 1. The number of hydrogen-bond acceptors (Lipinski definition) is 8. The van der Waals surface area contributed by atoms with E-state index in [0.29, 0.717) is 28.8 Å². The van der Waals surface area contributed by atoms with Gasteiger partial charge in [0.2, 0.25) is 0 Å². The van der Waals surface area contributed by atoms with Crippen LogP contribution in [0.3, 0.4) is 0 Å². The quantitative estimate of drug-likeness (QED) is 0.584. The number of aliphatic hydroxyl groups excluding tert-OH is 1. The van der Waals surface area contributed by atoms with Crippen molar-refractivity contribution in [3.63, 3.8) is 0 Å². The Bertz CT molecular complexity index is 689. The molecule has 0 aliphatic rings. The first-order chi connectivity index (χ1) is 11.5. The number of hydrogen-bond donors (Lipinski definition) is 4. The molecule has 0 saturated carbocycles. The molecule has 2 rings (SSSR count). The van der Waals surface area contributed by atoms with Crippen LogP contribution >= 0.6 is 0 Å². The second kappa shape index (κ2) is 8.06. The zero-order valence-corrected chi connectivity index (χ0v) is 13.9. The zero-order valence-electron chi connectivity index (χ0n) is 13.9. The molecule has 0 unspecified atom stereocenters. The maximum atomic E-state index is 12.5. The van der Waals surface area contributed by atoms with E-state index >= 15 is 0 Å². The summed E-state index contributed by atoms with van der Waals surface area (Å²) in [5.41, 5.74) is 0.348. The largest absolute Gasteiger partial charge is 0.395 e. The molecule has 4 N–H and O–H groups in total. The SMILES string of the molecule is CNc1ccc(C(=O)Nc2ccc(N(C)C)nn2)c(NCCO)n1. The Kier molecular flexibility index (Phi) is 5.85. The summed E-state index contributed by atoms with van der Waals surface area (Å²) in [5.74, 6) is 1.67. The number of anilines is 4. The molecule has 0 radical (unpaired) electrons. The molecule has 9 nitrogen and oxygen atoms in total. The lowest BCUT2D eigenvalue weighted by Crippen LogP contribution is -2.19. The number of nitrogens with zero attached hydrogens (tertiary/aromatic N) is 4. The minimum Gasteiger partial charge on any atom is -0.395 e. The highest BCUT2D eigenvalue weighted by molar-refractivity contribution is 6.07. The molecule has 0 aliphatic heterocycles. The van der Waals surface area contributed by atoms with Crippen LogP contribution in [0.5, 0.6) is 0 Å². The van der Waals surface area contributed by atoms with Gasteiger partial charge in [-0.25, -0.2) is 4.98 Å². The predicted octanol–water partition coefficient (Wildman–Crippen LogP) is 0.636. The molecule has 0 atom stereocenters. The molecule has 0 spiro atoms. The third-order valence-corrected chi connectivity index (χ3v) is 3.15. The summed E-state index contributed by atoms with van der Waals surface area (Å²) < 4.78 is 0. The first kappa shape index (κ1) is 17.4. The van der Waals surface area contributed by atoms with Crippen LogP contribution in [0.25, 0.3) is 0 Å². The van der Waals surface area contributed by atoms with E-state index in [9.17, 15) is 4.79 Å². The number of carbonyl (C=O) groups is 1. The molecule has 0 bridgehead atoms. The van der Waals surface area contributed by atoms with Crippen molar-refractivity contribution in [3.05, 3.63) is 29.8 Å². The lowest BCUT2D eigenvalue weighted by Gasteiger charge is -2.13. The van der Waals surface area contributed by atoms with Gasteiger partial charge in [0.1, 0.15) is 11.6 Å². The van der Waals surface area contributed by atoms with Crippen LogP contribution in [-0.2, 0) is 0 Å². The van der Waals surface area contributed by atoms with Crippen molar-refractivity contribution < 1.29 is 9.90 Å². The van der Waals surface area contributed by atoms with Crippen molar-refractivity contribution in [1.82, 2.24) is 15.2 Å². The van der Waals surface area contributed by atoms with Crippen LogP contribution in [-0.4, -0.2) is 60.5 Å². The number of amides is 1. The Morgan fingerprint density at radius 3 is 2.50 bits per heavy atom. The van der Waals surface area contributed by atoms with Crippen molar-refractivity contribution in [3.8, 4) is 0 Å². The number of rotatable bonds is 7. The zero-order chi connectivity index (χ0) is 17.5. The molecule has 1 amide bonds. The predicted molar refractivity (Wildman–Crippen MR) is 93.7 cm³/mol. The highest BCUT2D eigenvalue weighted by Crippen LogP contribution is 2.18.